The molecule has 1 heterocycles. The Balaban J connectivity index is 0.00000392. The van der Waals surface area contributed by atoms with Gasteiger partial charge in [0.15, 0.2) is 5.96 Å². The summed E-state index contributed by atoms with van der Waals surface area (Å²) in [5.74, 6) is 1.69. The average Bonchev–Trinajstić information content (AvgIpc) is 3.16. The van der Waals surface area contributed by atoms with Crippen LogP contribution in [0.4, 0.5) is 0 Å². The number of halogens is 1. The Labute approximate surface area is 186 Å². The van der Waals surface area contributed by atoms with Crippen molar-refractivity contribution >= 4 is 29.9 Å². The number of rotatable bonds is 9. The largest absolute Gasteiger partial charge is 0.492 e. The minimum Gasteiger partial charge on any atom is -0.492 e. The molecule has 0 aliphatic carbocycles. The molecule has 160 valence electrons. The van der Waals surface area contributed by atoms with Crippen molar-refractivity contribution < 1.29 is 14.2 Å². The predicted molar refractivity (Wildman–Crippen MR) is 125 cm³/mol. The van der Waals surface area contributed by atoms with Gasteiger partial charge >= 0.3 is 0 Å². The van der Waals surface area contributed by atoms with Crippen LogP contribution in [-0.2, 0) is 14.9 Å². The van der Waals surface area contributed by atoms with E-state index in [1.165, 1.54) is 5.56 Å². The monoisotopic (exact) mass is 505 g/mol. The standard InChI is InChI=1S/C21H35N3O3.HI/c1-21(2,3)17-7-5-8-18(15-17)27-14-11-24-20(22-4)23-10-6-12-26-19-9-13-25-16-19;/h5,7-8,15,19H,6,9-14,16H2,1-4H3,(H2,22,23,24);1H. The minimum absolute atomic E-state index is 0. The molecule has 6 nitrogen and oxygen atoms in total. The van der Waals surface area contributed by atoms with Crippen molar-refractivity contribution in [3.8, 4) is 5.75 Å². The summed E-state index contributed by atoms with van der Waals surface area (Å²) in [5.41, 5.74) is 1.40. The van der Waals surface area contributed by atoms with E-state index in [-0.39, 0.29) is 35.5 Å². The summed E-state index contributed by atoms with van der Waals surface area (Å²) >= 11 is 0. The molecule has 0 aromatic heterocycles. The first kappa shape index (κ1) is 25.0. The van der Waals surface area contributed by atoms with Crippen LogP contribution in [0.5, 0.6) is 5.75 Å². The second-order valence-electron chi connectivity index (χ2n) is 7.76. The Morgan fingerprint density at radius 3 is 2.68 bits per heavy atom. The highest BCUT2D eigenvalue weighted by Gasteiger charge is 2.15. The summed E-state index contributed by atoms with van der Waals surface area (Å²) in [6.45, 7) is 11.0. The maximum Gasteiger partial charge on any atom is 0.191 e. The normalized spacial score (nSPS) is 17.1. The van der Waals surface area contributed by atoms with E-state index in [2.05, 4.69) is 48.5 Å². The van der Waals surface area contributed by atoms with Gasteiger partial charge in [-0.2, -0.15) is 0 Å². The van der Waals surface area contributed by atoms with Crippen molar-refractivity contribution in [3.05, 3.63) is 29.8 Å². The molecule has 7 heteroatoms. The Hall–Kier alpha value is -1.06. The SMILES string of the molecule is CN=C(NCCCOC1CCOC1)NCCOc1cccc(C(C)(C)C)c1.I. The molecule has 1 saturated heterocycles. The van der Waals surface area contributed by atoms with Crippen LogP contribution in [-0.4, -0.2) is 58.6 Å². The maximum atomic E-state index is 5.86. The van der Waals surface area contributed by atoms with Gasteiger partial charge in [0.25, 0.3) is 0 Å². The first-order chi connectivity index (χ1) is 13.0. The van der Waals surface area contributed by atoms with Crippen LogP contribution < -0.4 is 15.4 Å². The summed E-state index contributed by atoms with van der Waals surface area (Å²) in [6, 6.07) is 8.30. The van der Waals surface area contributed by atoms with Crippen molar-refractivity contribution in [3.63, 3.8) is 0 Å². The lowest BCUT2D eigenvalue weighted by Gasteiger charge is -2.20. The first-order valence-electron chi connectivity index (χ1n) is 9.86. The van der Waals surface area contributed by atoms with E-state index in [1.54, 1.807) is 7.05 Å². The molecule has 1 aliphatic heterocycles. The van der Waals surface area contributed by atoms with Gasteiger partial charge in [-0.15, -0.1) is 24.0 Å². The fourth-order valence-electron chi connectivity index (χ4n) is 2.78. The second kappa shape index (κ2) is 13.2. The van der Waals surface area contributed by atoms with E-state index in [0.29, 0.717) is 13.2 Å². The molecule has 2 N–H and O–H groups in total. The number of guanidine groups is 1. The first-order valence-corrected chi connectivity index (χ1v) is 9.86. The lowest BCUT2D eigenvalue weighted by atomic mass is 9.87. The number of nitrogens with zero attached hydrogens (tertiary/aromatic N) is 1. The Morgan fingerprint density at radius 2 is 2.00 bits per heavy atom. The number of aliphatic imine (C=N–C) groups is 1. The lowest BCUT2D eigenvalue weighted by Crippen LogP contribution is -2.40. The topological polar surface area (TPSA) is 64.1 Å². The van der Waals surface area contributed by atoms with Crippen LogP contribution in [0, 0.1) is 0 Å². The lowest BCUT2D eigenvalue weighted by molar-refractivity contribution is 0.0420. The quantitative estimate of drug-likeness (QED) is 0.233. The zero-order valence-corrected chi connectivity index (χ0v) is 20.0. The number of benzene rings is 1. The summed E-state index contributed by atoms with van der Waals surface area (Å²) in [6.07, 6.45) is 2.22. The van der Waals surface area contributed by atoms with Crippen LogP contribution in [0.3, 0.4) is 0 Å². The highest BCUT2D eigenvalue weighted by atomic mass is 127. The molecule has 2 rings (SSSR count). The van der Waals surface area contributed by atoms with Gasteiger partial charge in [0.1, 0.15) is 12.4 Å². The van der Waals surface area contributed by atoms with Gasteiger partial charge < -0.3 is 24.8 Å². The van der Waals surface area contributed by atoms with E-state index < -0.39 is 0 Å². The third-order valence-electron chi connectivity index (χ3n) is 4.44. The fraction of sp³-hybridized carbons (Fsp3) is 0.667. The van der Waals surface area contributed by atoms with E-state index in [9.17, 15) is 0 Å². The predicted octanol–water partition coefficient (Wildman–Crippen LogP) is 3.34. The van der Waals surface area contributed by atoms with Crippen molar-refractivity contribution in [2.75, 3.05) is 46.6 Å². The van der Waals surface area contributed by atoms with Gasteiger partial charge in [-0.25, -0.2) is 0 Å². The molecule has 0 saturated carbocycles. The number of hydrogen-bond acceptors (Lipinski definition) is 4. The molecule has 28 heavy (non-hydrogen) atoms. The minimum atomic E-state index is 0. The molecule has 0 amide bonds. The van der Waals surface area contributed by atoms with Crippen molar-refractivity contribution in [2.24, 2.45) is 4.99 Å². The van der Waals surface area contributed by atoms with Crippen LogP contribution in [0.15, 0.2) is 29.3 Å². The Kier molecular flexibility index (Phi) is 11.8. The van der Waals surface area contributed by atoms with E-state index in [4.69, 9.17) is 14.2 Å². The van der Waals surface area contributed by atoms with Crippen LogP contribution in [0.1, 0.15) is 39.2 Å². The van der Waals surface area contributed by atoms with Gasteiger partial charge in [0, 0.05) is 26.8 Å². The van der Waals surface area contributed by atoms with Gasteiger partial charge in [-0.3, -0.25) is 4.99 Å². The van der Waals surface area contributed by atoms with Gasteiger partial charge in [-0.1, -0.05) is 32.9 Å². The summed E-state index contributed by atoms with van der Waals surface area (Å²) in [4.78, 5) is 4.23. The van der Waals surface area contributed by atoms with Gasteiger partial charge in [0.05, 0.1) is 19.3 Å². The maximum absolute atomic E-state index is 5.86. The van der Waals surface area contributed by atoms with Gasteiger partial charge in [-0.05, 0) is 36.0 Å². The number of nitrogens with one attached hydrogen (secondary N) is 2. The van der Waals surface area contributed by atoms with Gasteiger partial charge in [0.2, 0.25) is 0 Å². The van der Waals surface area contributed by atoms with E-state index >= 15 is 0 Å². The third kappa shape index (κ3) is 9.43. The summed E-state index contributed by atoms with van der Waals surface area (Å²) in [5, 5.41) is 6.56. The molecular weight excluding hydrogens is 469 g/mol. The van der Waals surface area contributed by atoms with E-state index in [0.717, 1.165) is 50.9 Å². The van der Waals surface area contributed by atoms with Crippen LogP contribution >= 0.6 is 24.0 Å². The molecule has 1 aromatic carbocycles. The molecular formula is C21H36IN3O3. The molecule has 1 unspecified atom stereocenters. The smallest absolute Gasteiger partial charge is 0.191 e. The molecule has 0 bridgehead atoms. The molecule has 1 aromatic rings. The van der Waals surface area contributed by atoms with Crippen LogP contribution in [0.25, 0.3) is 0 Å². The number of ether oxygens (including phenoxy) is 3. The van der Waals surface area contributed by atoms with Crippen molar-refractivity contribution in [1.29, 1.82) is 0 Å². The second-order valence-corrected chi connectivity index (χ2v) is 7.76. The highest BCUT2D eigenvalue weighted by molar-refractivity contribution is 14.0. The highest BCUT2D eigenvalue weighted by Crippen LogP contribution is 2.25. The molecule has 1 fully saturated rings. The summed E-state index contributed by atoms with van der Waals surface area (Å²) in [7, 11) is 1.77. The zero-order valence-electron chi connectivity index (χ0n) is 17.6. The fourth-order valence-corrected chi connectivity index (χ4v) is 2.78. The molecule has 1 aliphatic rings. The number of hydrogen-bond donors (Lipinski definition) is 2. The van der Waals surface area contributed by atoms with Crippen LogP contribution in [0.2, 0.25) is 0 Å². The Bertz CT molecular complexity index is 585. The van der Waals surface area contributed by atoms with E-state index in [1.807, 2.05) is 12.1 Å². The molecule has 1 atom stereocenters. The zero-order chi connectivity index (χ0) is 19.5. The van der Waals surface area contributed by atoms with Crippen molar-refractivity contribution in [2.45, 2.75) is 45.1 Å². The third-order valence-corrected chi connectivity index (χ3v) is 4.44. The summed E-state index contributed by atoms with van der Waals surface area (Å²) < 4.78 is 16.9. The Morgan fingerprint density at radius 1 is 1.21 bits per heavy atom. The van der Waals surface area contributed by atoms with Crippen molar-refractivity contribution in [1.82, 2.24) is 10.6 Å². The average molecular weight is 505 g/mol. The molecule has 0 spiro atoms. The molecule has 0 radical (unpaired) electrons.